The molecule has 1 amide bonds. The van der Waals surface area contributed by atoms with Crippen molar-refractivity contribution in [2.45, 2.75) is 0 Å². The van der Waals surface area contributed by atoms with Gasteiger partial charge in [0.25, 0.3) is 5.91 Å². The number of anilines is 1. The molecule has 2 aromatic carbocycles. The number of carbonyl (C=O) groups excluding carboxylic acids is 1. The highest BCUT2D eigenvalue weighted by Gasteiger charge is 2.24. The molecule has 3 aromatic rings. The Morgan fingerprint density at radius 3 is 2.68 bits per heavy atom. The molecule has 0 atom stereocenters. The highest BCUT2D eigenvalue weighted by molar-refractivity contribution is 6.06. The van der Waals surface area contributed by atoms with E-state index in [9.17, 15) is 10.1 Å². The summed E-state index contributed by atoms with van der Waals surface area (Å²) in [5, 5.41) is 17.0. The van der Waals surface area contributed by atoms with Crippen LogP contribution < -0.4 is 4.90 Å². The lowest BCUT2D eigenvalue weighted by Gasteiger charge is -2.36. The fourth-order valence-electron chi connectivity index (χ4n) is 3.32. The minimum absolute atomic E-state index is 0.0280. The molecule has 25 heavy (non-hydrogen) atoms. The molecule has 1 saturated heterocycles. The highest BCUT2D eigenvalue weighted by Crippen LogP contribution is 2.23. The lowest BCUT2D eigenvalue weighted by atomic mass is 10.1. The van der Waals surface area contributed by atoms with Gasteiger partial charge in [-0.25, -0.2) is 0 Å². The maximum Gasteiger partial charge on any atom is 0.254 e. The third-order valence-electron chi connectivity index (χ3n) is 4.65. The van der Waals surface area contributed by atoms with E-state index < -0.39 is 0 Å². The summed E-state index contributed by atoms with van der Waals surface area (Å²) in [5.74, 6) is 0.0280. The molecule has 0 spiro atoms. The number of piperazine rings is 1. The van der Waals surface area contributed by atoms with Crippen LogP contribution in [0.1, 0.15) is 15.9 Å². The quantitative estimate of drug-likeness (QED) is 0.782. The van der Waals surface area contributed by atoms with Gasteiger partial charge in [0.2, 0.25) is 0 Å². The zero-order valence-electron chi connectivity index (χ0n) is 13.6. The Morgan fingerprint density at radius 2 is 1.88 bits per heavy atom. The Hall–Kier alpha value is -3.33. The minimum Gasteiger partial charge on any atom is -0.367 e. The predicted octanol–water partition coefficient (Wildman–Crippen LogP) is 2.40. The molecule has 124 valence electrons. The molecule has 1 N–H and O–H groups in total. The molecule has 2 heterocycles. The monoisotopic (exact) mass is 331 g/mol. The molecule has 1 aliphatic heterocycles. The number of para-hydroxylation sites is 1. The third-order valence-corrected chi connectivity index (χ3v) is 4.65. The molecule has 6 nitrogen and oxygen atoms in total. The first kappa shape index (κ1) is 15.2. The summed E-state index contributed by atoms with van der Waals surface area (Å²) in [6.45, 7) is 2.69. The molecular formula is C19H17N5O. The first-order chi connectivity index (χ1) is 12.3. The second kappa shape index (κ2) is 6.29. The summed E-state index contributed by atoms with van der Waals surface area (Å²) in [7, 11) is 0. The fraction of sp³-hybridized carbons (Fsp3) is 0.211. The van der Waals surface area contributed by atoms with Crippen molar-refractivity contribution < 1.29 is 4.79 Å². The second-order valence-electron chi connectivity index (χ2n) is 6.05. The van der Waals surface area contributed by atoms with Gasteiger partial charge < -0.3 is 9.80 Å². The second-order valence-corrected chi connectivity index (χ2v) is 6.05. The maximum atomic E-state index is 12.9. The molecule has 0 aliphatic carbocycles. The maximum absolute atomic E-state index is 12.9. The van der Waals surface area contributed by atoms with E-state index in [1.807, 2.05) is 47.4 Å². The van der Waals surface area contributed by atoms with Crippen molar-refractivity contribution in [2.24, 2.45) is 0 Å². The standard InChI is InChI=1S/C19H17N5O/c20-12-14-4-1-2-7-18(14)23-8-10-24(11-9-23)19(25)15-5-3-6-17-16(15)13-21-22-17/h1-7,13H,8-11H2,(H,21,22). The van der Waals surface area contributed by atoms with Crippen molar-refractivity contribution >= 4 is 22.5 Å². The van der Waals surface area contributed by atoms with E-state index in [2.05, 4.69) is 21.2 Å². The lowest BCUT2D eigenvalue weighted by molar-refractivity contribution is 0.0749. The molecule has 0 radical (unpaired) electrons. The van der Waals surface area contributed by atoms with Gasteiger partial charge in [-0.1, -0.05) is 18.2 Å². The van der Waals surface area contributed by atoms with E-state index in [1.165, 1.54) is 0 Å². The molecule has 1 fully saturated rings. The van der Waals surface area contributed by atoms with Gasteiger partial charge in [0, 0.05) is 31.6 Å². The summed E-state index contributed by atoms with van der Waals surface area (Å²) >= 11 is 0. The van der Waals surface area contributed by atoms with E-state index in [0.29, 0.717) is 37.3 Å². The number of nitrogens with zero attached hydrogens (tertiary/aromatic N) is 4. The lowest BCUT2D eigenvalue weighted by Crippen LogP contribution is -2.49. The van der Waals surface area contributed by atoms with Crippen LogP contribution in [0, 0.1) is 11.3 Å². The van der Waals surface area contributed by atoms with Gasteiger partial charge in [-0.2, -0.15) is 10.4 Å². The smallest absolute Gasteiger partial charge is 0.254 e. The van der Waals surface area contributed by atoms with Gasteiger partial charge in [0.1, 0.15) is 6.07 Å². The van der Waals surface area contributed by atoms with Gasteiger partial charge >= 0.3 is 0 Å². The van der Waals surface area contributed by atoms with Gasteiger partial charge in [-0.15, -0.1) is 0 Å². The average Bonchev–Trinajstić information content (AvgIpc) is 3.16. The van der Waals surface area contributed by atoms with E-state index in [1.54, 1.807) is 6.20 Å². The number of aromatic amines is 1. The summed E-state index contributed by atoms with van der Waals surface area (Å²) in [4.78, 5) is 16.9. The number of H-pyrrole nitrogens is 1. The number of nitrogens with one attached hydrogen (secondary N) is 1. The molecule has 0 saturated carbocycles. The van der Waals surface area contributed by atoms with E-state index >= 15 is 0 Å². The highest BCUT2D eigenvalue weighted by atomic mass is 16.2. The Labute approximate surface area is 145 Å². The number of aromatic nitrogens is 2. The summed E-state index contributed by atoms with van der Waals surface area (Å²) < 4.78 is 0. The number of benzene rings is 2. The van der Waals surface area contributed by atoms with Crippen LogP contribution in [0.25, 0.3) is 10.9 Å². The Bertz CT molecular complexity index is 963. The first-order valence-corrected chi connectivity index (χ1v) is 8.23. The third kappa shape index (κ3) is 2.70. The van der Waals surface area contributed by atoms with Gasteiger partial charge in [-0.05, 0) is 24.3 Å². The summed E-state index contributed by atoms with van der Waals surface area (Å²) in [6.07, 6.45) is 1.70. The number of carbonyl (C=O) groups is 1. The van der Waals surface area contributed by atoms with E-state index in [0.717, 1.165) is 16.6 Å². The zero-order chi connectivity index (χ0) is 17.2. The molecule has 1 aliphatic rings. The van der Waals surface area contributed by atoms with Crippen molar-refractivity contribution in [3.8, 4) is 6.07 Å². The van der Waals surface area contributed by atoms with Crippen LogP contribution in [0.2, 0.25) is 0 Å². The van der Waals surface area contributed by atoms with Crippen LogP contribution in [0.5, 0.6) is 0 Å². The summed E-state index contributed by atoms with van der Waals surface area (Å²) in [6, 6.07) is 15.5. The number of rotatable bonds is 2. The van der Waals surface area contributed by atoms with Crippen molar-refractivity contribution in [1.82, 2.24) is 15.1 Å². The number of hydrogen-bond acceptors (Lipinski definition) is 4. The summed E-state index contributed by atoms with van der Waals surface area (Å²) in [5.41, 5.74) is 3.16. The average molecular weight is 331 g/mol. The van der Waals surface area contributed by atoms with Crippen LogP contribution in [-0.2, 0) is 0 Å². The number of hydrogen-bond donors (Lipinski definition) is 1. The molecule has 0 unspecified atom stereocenters. The van der Waals surface area contributed by atoms with Crippen LogP contribution >= 0.6 is 0 Å². The first-order valence-electron chi connectivity index (χ1n) is 8.23. The van der Waals surface area contributed by atoms with Crippen LogP contribution in [0.15, 0.2) is 48.7 Å². The van der Waals surface area contributed by atoms with Crippen molar-refractivity contribution in [3.05, 3.63) is 59.8 Å². The minimum atomic E-state index is 0.0280. The molecule has 1 aromatic heterocycles. The fourth-order valence-corrected chi connectivity index (χ4v) is 3.32. The topological polar surface area (TPSA) is 76.0 Å². The van der Waals surface area contributed by atoms with Crippen LogP contribution in [-0.4, -0.2) is 47.2 Å². The van der Waals surface area contributed by atoms with Crippen molar-refractivity contribution in [1.29, 1.82) is 5.26 Å². The van der Waals surface area contributed by atoms with Crippen LogP contribution in [0.3, 0.4) is 0 Å². The molecular weight excluding hydrogens is 314 g/mol. The Balaban J connectivity index is 1.51. The zero-order valence-corrected chi connectivity index (χ0v) is 13.6. The van der Waals surface area contributed by atoms with Crippen molar-refractivity contribution in [3.63, 3.8) is 0 Å². The normalized spacial score (nSPS) is 14.5. The number of nitriles is 1. The SMILES string of the molecule is N#Cc1ccccc1N1CCN(C(=O)c2cccc3[nH]ncc23)CC1. The van der Waals surface area contributed by atoms with Gasteiger partial charge in [-0.3, -0.25) is 9.89 Å². The van der Waals surface area contributed by atoms with Gasteiger partial charge in [0.15, 0.2) is 0 Å². The van der Waals surface area contributed by atoms with Gasteiger partial charge in [0.05, 0.1) is 28.5 Å². The molecule has 4 rings (SSSR count). The van der Waals surface area contributed by atoms with Crippen molar-refractivity contribution in [2.75, 3.05) is 31.1 Å². The Kier molecular flexibility index (Phi) is 3.82. The number of fused-ring (bicyclic) bond motifs is 1. The molecule has 0 bridgehead atoms. The largest absolute Gasteiger partial charge is 0.367 e. The predicted molar refractivity (Wildman–Crippen MR) is 95.4 cm³/mol. The Morgan fingerprint density at radius 1 is 1.08 bits per heavy atom. The van der Waals surface area contributed by atoms with Crippen LogP contribution in [0.4, 0.5) is 5.69 Å². The molecule has 6 heteroatoms. The van der Waals surface area contributed by atoms with E-state index in [4.69, 9.17) is 0 Å². The number of amides is 1. The van der Waals surface area contributed by atoms with E-state index in [-0.39, 0.29) is 5.91 Å².